The van der Waals surface area contributed by atoms with E-state index in [0.717, 1.165) is 11.0 Å². The number of fused-ring (bicyclic) bond motifs is 1. The lowest BCUT2D eigenvalue weighted by Crippen LogP contribution is -2.35. The summed E-state index contributed by atoms with van der Waals surface area (Å²) in [4.78, 5) is 14.5. The molecule has 0 unspecified atom stereocenters. The maximum absolute atomic E-state index is 14.0. The van der Waals surface area contributed by atoms with E-state index in [1.807, 2.05) is 6.07 Å². The molecule has 1 aliphatic rings. The molecule has 0 saturated heterocycles. The number of thioether (sulfide) groups is 1. The number of carbonyl (C=O) groups is 1. The molecule has 0 atom stereocenters. The van der Waals surface area contributed by atoms with Crippen LogP contribution in [0.25, 0.3) is 0 Å². The molecule has 22 heavy (non-hydrogen) atoms. The highest BCUT2D eigenvalue weighted by Crippen LogP contribution is 2.39. The normalized spacial score (nSPS) is 14.1. The molecule has 4 nitrogen and oxygen atoms in total. The molecule has 0 aromatic heterocycles. The van der Waals surface area contributed by atoms with Crippen molar-refractivity contribution < 1.29 is 14.3 Å². The first kappa shape index (κ1) is 15.0. The van der Waals surface area contributed by atoms with Crippen molar-refractivity contribution in [2.75, 3.05) is 16.4 Å². The van der Waals surface area contributed by atoms with E-state index in [1.54, 1.807) is 12.1 Å². The molecular formula is C15H12ClFN2O2S. The zero-order valence-corrected chi connectivity index (χ0v) is 12.9. The Kier molecular flexibility index (Phi) is 3.88. The van der Waals surface area contributed by atoms with Crippen molar-refractivity contribution >= 4 is 40.6 Å². The van der Waals surface area contributed by atoms with Gasteiger partial charge in [-0.15, -0.1) is 11.8 Å². The highest BCUT2D eigenvalue weighted by Gasteiger charge is 2.27. The molecule has 3 rings (SSSR count). The summed E-state index contributed by atoms with van der Waals surface area (Å²) in [5, 5.41) is 9.55. The predicted molar refractivity (Wildman–Crippen MR) is 85.8 cm³/mol. The van der Waals surface area contributed by atoms with Crippen LogP contribution in [-0.4, -0.2) is 16.8 Å². The van der Waals surface area contributed by atoms with E-state index >= 15 is 0 Å². The zero-order valence-electron chi connectivity index (χ0n) is 11.3. The number of nitrogens with two attached hydrogens (primary N) is 1. The molecule has 1 amide bonds. The van der Waals surface area contributed by atoms with E-state index in [1.165, 1.54) is 22.7 Å². The predicted octanol–water partition coefficient (Wildman–Crippen LogP) is 3.41. The minimum absolute atomic E-state index is 0.0606. The fourth-order valence-corrected chi connectivity index (χ4v) is 3.41. The van der Waals surface area contributed by atoms with E-state index in [0.29, 0.717) is 11.4 Å². The second-order valence-corrected chi connectivity index (χ2v) is 6.25. The monoisotopic (exact) mass is 338 g/mol. The maximum atomic E-state index is 14.0. The van der Waals surface area contributed by atoms with E-state index in [9.17, 15) is 14.3 Å². The lowest BCUT2D eigenvalue weighted by Gasteiger charge is -2.29. The van der Waals surface area contributed by atoms with Crippen molar-refractivity contribution in [1.29, 1.82) is 0 Å². The highest BCUT2D eigenvalue weighted by atomic mass is 35.5. The topological polar surface area (TPSA) is 66.6 Å². The number of benzene rings is 2. The molecule has 0 spiro atoms. The first-order chi connectivity index (χ1) is 10.5. The van der Waals surface area contributed by atoms with Crippen LogP contribution in [0, 0.1) is 5.82 Å². The quantitative estimate of drug-likeness (QED) is 0.823. The van der Waals surface area contributed by atoms with Crippen LogP contribution in [0.2, 0.25) is 5.02 Å². The van der Waals surface area contributed by atoms with E-state index in [2.05, 4.69) is 0 Å². The molecule has 2 aromatic rings. The number of phenols is 1. The van der Waals surface area contributed by atoms with Gasteiger partial charge in [-0.05, 0) is 30.3 Å². The van der Waals surface area contributed by atoms with Gasteiger partial charge < -0.3 is 15.7 Å². The standard InChI is InChI=1S/C15H12ClFN2O2S/c16-15-9(10(17)2-3-12(15)20)6-19-11-5-8(18)1-4-13(11)22-7-14(19)21/h1-5,20H,6-7,18H2. The summed E-state index contributed by atoms with van der Waals surface area (Å²) < 4.78 is 14.0. The minimum Gasteiger partial charge on any atom is -0.506 e. The molecule has 1 heterocycles. The number of halogens is 2. The number of nitrogens with zero attached hydrogens (tertiary/aromatic N) is 1. The van der Waals surface area contributed by atoms with Crippen molar-refractivity contribution in [2.24, 2.45) is 0 Å². The van der Waals surface area contributed by atoms with Crippen LogP contribution in [0.15, 0.2) is 35.2 Å². The summed E-state index contributed by atoms with van der Waals surface area (Å²) >= 11 is 7.37. The van der Waals surface area contributed by atoms with Gasteiger partial charge in [0.15, 0.2) is 0 Å². The Labute approximate surface area is 135 Å². The van der Waals surface area contributed by atoms with Crippen LogP contribution in [0.3, 0.4) is 0 Å². The van der Waals surface area contributed by atoms with Gasteiger partial charge in [-0.1, -0.05) is 11.6 Å². The fraction of sp³-hybridized carbons (Fsp3) is 0.133. The van der Waals surface area contributed by atoms with Crippen LogP contribution < -0.4 is 10.6 Å². The van der Waals surface area contributed by atoms with Crippen molar-refractivity contribution in [3.63, 3.8) is 0 Å². The van der Waals surface area contributed by atoms with Gasteiger partial charge in [0.25, 0.3) is 0 Å². The molecule has 0 fully saturated rings. The molecule has 0 radical (unpaired) electrons. The number of anilines is 2. The summed E-state index contributed by atoms with van der Waals surface area (Å²) in [5.41, 5.74) is 7.00. The molecular weight excluding hydrogens is 327 g/mol. The van der Waals surface area contributed by atoms with Gasteiger partial charge in [0.05, 0.1) is 23.0 Å². The largest absolute Gasteiger partial charge is 0.506 e. The average molecular weight is 339 g/mol. The van der Waals surface area contributed by atoms with Crippen molar-refractivity contribution in [3.8, 4) is 5.75 Å². The summed E-state index contributed by atoms with van der Waals surface area (Å²) in [6, 6.07) is 7.56. The molecule has 1 aliphatic heterocycles. The molecule has 0 bridgehead atoms. The third-order valence-corrected chi connectivity index (χ3v) is 4.88. The summed E-state index contributed by atoms with van der Waals surface area (Å²) in [5.74, 6) is -0.694. The van der Waals surface area contributed by atoms with Gasteiger partial charge in [-0.2, -0.15) is 0 Å². The van der Waals surface area contributed by atoms with Gasteiger partial charge in [-0.25, -0.2) is 4.39 Å². The lowest BCUT2D eigenvalue weighted by atomic mass is 10.1. The van der Waals surface area contributed by atoms with E-state index in [4.69, 9.17) is 17.3 Å². The van der Waals surface area contributed by atoms with Crippen LogP contribution >= 0.6 is 23.4 Å². The summed E-state index contributed by atoms with van der Waals surface area (Å²) in [6.45, 7) is -0.0606. The SMILES string of the molecule is Nc1ccc2c(c1)N(Cc1c(F)ccc(O)c1Cl)C(=O)CS2. The van der Waals surface area contributed by atoms with Crippen molar-refractivity contribution in [1.82, 2.24) is 0 Å². The van der Waals surface area contributed by atoms with Gasteiger partial charge in [0.2, 0.25) is 5.91 Å². The molecule has 7 heteroatoms. The van der Waals surface area contributed by atoms with Crippen molar-refractivity contribution in [3.05, 3.63) is 46.7 Å². The number of rotatable bonds is 2. The third-order valence-electron chi connectivity index (χ3n) is 3.41. The van der Waals surface area contributed by atoms with Crippen molar-refractivity contribution in [2.45, 2.75) is 11.4 Å². The molecule has 2 aromatic carbocycles. The van der Waals surface area contributed by atoms with E-state index in [-0.39, 0.29) is 34.5 Å². The Hall–Kier alpha value is -1.92. The number of phenolic OH excluding ortho intramolecular Hbond substituents is 1. The number of aromatic hydroxyl groups is 1. The van der Waals surface area contributed by atoms with Gasteiger partial charge in [0, 0.05) is 16.1 Å². The number of carbonyl (C=O) groups excluding carboxylic acids is 1. The van der Waals surface area contributed by atoms with Crippen LogP contribution in [0.1, 0.15) is 5.56 Å². The Morgan fingerprint density at radius 3 is 2.91 bits per heavy atom. The zero-order chi connectivity index (χ0) is 15.9. The highest BCUT2D eigenvalue weighted by molar-refractivity contribution is 8.00. The van der Waals surface area contributed by atoms with E-state index < -0.39 is 5.82 Å². The number of nitrogen functional groups attached to an aromatic ring is 1. The summed E-state index contributed by atoms with van der Waals surface area (Å²) in [6.07, 6.45) is 0. The smallest absolute Gasteiger partial charge is 0.237 e. The van der Waals surface area contributed by atoms with Gasteiger partial charge >= 0.3 is 0 Å². The number of hydrogen-bond acceptors (Lipinski definition) is 4. The van der Waals surface area contributed by atoms with Gasteiger partial charge in [-0.3, -0.25) is 4.79 Å². The Morgan fingerprint density at radius 2 is 2.14 bits per heavy atom. The second kappa shape index (κ2) is 5.70. The third kappa shape index (κ3) is 2.60. The average Bonchev–Trinajstić information content (AvgIpc) is 2.49. The molecule has 0 aliphatic carbocycles. The van der Waals surface area contributed by atoms with Gasteiger partial charge in [0.1, 0.15) is 11.6 Å². The second-order valence-electron chi connectivity index (χ2n) is 4.85. The first-order valence-corrected chi connectivity index (χ1v) is 7.82. The summed E-state index contributed by atoms with van der Waals surface area (Å²) in [7, 11) is 0. The minimum atomic E-state index is -0.570. The van der Waals surface area contributed by atoms with Crippen LogP contribution in [0.5, 0.6) is 5.75 Å². The molecule has 0 saturated carbocycles. The number of hydrogen-bond donors (Lipinski definition) is 2. The fourth-order valence-electron chi connectivity index (χ4n) is 2.28. The first-order valence-electron chi connectivity index (χ1n) is 6.46. The Morgan fingerprint density at radius 1 is 1.36 bits per heavy atom. The Balaban J connectivity index is 2.05. The molecule has 3 N–H and O–H groups in total. The Bertz CT molecular complexity index is 769. The van der Waals surface area contributed by atoms with Crippen LogP contribution in [-0.2, 0) is 11.3 Å². The maximum Gasteiger partial charge on any atom is 0.237 e. The number of amides is 1. The molecule has 114 valence electrons. The van der Waals surface area contributed by atoms with Crippen LogP contribution in [0.4, 0.5) is 15.8 Å². The lowest BCUT2D eigenvalue weighted by molar-refractivity contribution is -0.116.